The second kappa shape index (κ2) is 1.01. The number of rotatable bonds is 1. The van der Waals surface area contributed by atoms with Crippen LogP contribution >= 0.6 is 0 Å². The van der Waals surface area contributed by atoms with Crippen LogP contribution in [0.2, 0.25) is 0 Å². The lowest BCUT2D eigenvalue weighted by molar-refractivity contribution is 0.320. The van der Waals surface area contributed by atoms with E-state index in [1.807, 2.05) is 0 Å². The lowest BCUT2D eigenvalue weighted by Crippen LogP contribution is -1.97. The second-order valence-electron chi connectivity index (χ2n) is 2.01. The van der Waals surface area contributed by atoms with Gasteiger partial charge in [-0.25, -0.2) is 0 Å². The molecule has 39 valence electrons. The van der Waals surface area contributed by atoms with Crippen LogP contribution < -0.4 is 0 Å². The van der Waals surface area contributed by atoms with Gasteiger partial charge in [-0.05, 0) is 6.92 Å². The molecule has 2 aliphatic heterocycles. The molecule has 2 heterocycles. The molecule has 2 aliphatic rings. The van der Waals surface area contributed by atoms with Crippen molar-refractivity contribution in [2.75, 3.05) is 6.61 Å². The van der Waals surface area contributed by atoms with Gasteiger partial charge in [0, 0.05) is 0 Å². The Morgan fingerprint density at radius 2 is 2.14 bits per heavy atom. The molecule has 0 spiro atoms. The molecule has 3 unspecified atom stereocenters. The highest BCUT2D eigenvalue weighted by Crippen LogP contribution is 2.32. The monoisotopic (exact) mass is 99.0 g/mol. The Labute approximate surface area is 42.4 Å². The number of ether oxygens (including phenoxy) is 2. The van der Waals surface area contributed by atoms with E-state index in [-0.39, 0.29) is 6.10 Å². The third-order valence-electron chi connectivity index (χ3n) is 1.35. The summed E-state index contributed by atoms with van der Waals surface area (Å²) in [6.45, 7) is 4.58. The fraction of sp³-hybridized carbons (Fsp3) is 0.800. The lowest BCUT2D eigenvalue weighted by atomic mass is 10.3. The quantitative estimate of drug-likeness (QED) is 0.432. The van der Waals surface area contributed by atoms with Crippen LogP contribution in [0.25, 0.3) is 0 Å². The highest BCUT2D eigenvalue weighted by Gasteiger charge is 2.48. The van der Waals surface area contributed by atoms with Crippen molar-refractivity contribution in [3.8, 4) is 0 Å². The number of hydrogen-bond acceptors (Lipinski definition) is 2. The van der Waals surface area contributed by atoms with Gasteiger partial charge in [-0.1, -0.05) is 0 Å². The molecule has 0 aromatic carbocycles. The van der Waals surface area contributed by atoms with Gasteiger partial charge in [-0.2, -0.15) is 0 Å². The summed E-state index contributed by atoms with van der Waals surface area (Å²) in [5.74, 6) is 0. The van der Waals surface area contributed by atoms with Crippen LogP contribution in [0.1, 0.15) is 0 Å². The van der Waals surface area contributed by atoms with E-state index in [1.54, 1.807) is 0 Å². The number of hydrogen-bond donors (Lipinski definition) is 0. The van der Waals surface area contributed by atoms with Crippen molar-refractivity contribution in [2.24, 2.45) is 0 Å². The molecule has 0 N–H and O–H groups in total. The third kappa shape index (κ3) is 0.545. The van der Waals surface area contributed by atoms with Crippen LogP contribution in [0.15, 0.2) is 0 Å². The molecule has 2 nitrogen and oxygen atoms in total. The first kappa shape index (κ1) is 3.87. The first-order valence-electron chi connectivity index (χ1n) is 2.48. The summed E-state index contributed by atoms with van der Waals surface area (Å²) in [5, 5.41) is 0. The van der Waals surface area contributed by atoms with Gasteiger partial charge in [-0.3, -0.25) is 0 Å². The van der Waals surface area contributed by atoms with Gasteiger partial charge in [0.15, 0.2) is 0 Å². The smallest absolute Gasteiger partial charge is 0.112 e. The first-order valence-corrected chi connectivity index (χ1v) is 2.48. The van der Waals surface area contributed by atoms with Crippen molar-refractivity contribution < 1.29 is 9.47 Å². The highest BCUT2D eigenvalue weighted by molar-refractivity contribution is 4.97. The minimum Gasteiger partial charge on any atom is -0.370 e. The van der Waals surface area contributed by atoms with E-state index >= 15 is 0 Å². The van der Waals surface area contributed by atoms with Crippen molar-refractivity contribution in [1.29, 1.82) is 0 Å². The summed E-state index contributed by atoms with van der Waals surface area (Å²) >= 11 is 0. The average molecular weight is 99.1 g/mol. The maximum absolute atomic E-state index is 5.00. The average Bonchev–Trinajstić information content (AvgIpc) is 2.23. The fourth-order valence-corrected chi connectivity index (χ4v) is 0.729. The predicted molar refractivity (Wildman–Crippen MR) is 23.8 cm³/mol. The summed E-state index contributed by atoms with van der Waals surface area (Å²) in [4.78, 5) is 0. The van der Waals surface area contributed by atoms with Gasteiger partial charge in [0.25, 0.3) is 0 Å². The van der Waals surface area contributed by atoms with Gasteiger partial charge in [-0.15, -0.1) is 0 Å². The first-order chi connectivity index (χ1) is 3.38. The molecule has 3 atom stereocenters. The van der Waals surface area contributed by atoms with Crippen LogP contribution in [0.3, 0.4) is 0 Å². The molecule has 0 bridgehead atoms. The molecule has 7 heavy (non-hydrogen) atoms. The SMILES string of the molecule is [CH2]C1OC1C1CO1. The minimum absolute atomic E-state index is 0.229. The summed E-state index contributed by atoms with van der Waals surface area (Å²) in [5.41, 5.74) is 0. The number of epoxide rings is 2. The Hall–Kier alpha value is -0.0800. The van der Waals surface area contributed by atoms with E-state index in [9.17, 15) is 0 Å². The molecule has 0 aliphatic carbocycles. The predicted octanol–water partition coefficient (Wildman–Crippen LogP) is -0.0133. The molecular formula is C5H7O2. The van der Waals surface area contributed by atoms with Gasteiger partial charge in [0.1, 0.15) is 12.2 Å². The summed E-state index contributed by atoms with van der Waals surface area (Å²) in [7, 11) is 0. The highest BCUT2D eigenvalue weighted by atomic mass is 16.7. The van der Waals surface area contributed by atoms with E-state index in [1.165, 1.54) is 0 Å². The van der Waals surface area contributed by atoms with Crippen molar-refractivity contribution in [2.45, 2.75) is 18.3 Å². The van der Waals surface area contributed by atoms with E-state index in [0.717, 1.165) is 6.61 Å². The van der Waals surface area contributed by atoms with Crippen LogP contribution in [0.4, 0.5) is 0 Å². The lowest BCUT2D eigenvalue weighted by Gasteiger charge is -1.73. The Kier molecular flexibility index (Phi) is 0.557. The molecule has 2 fully saturated rings. The van der Waals surface area contributed by atoms with Crippen molar-refractivity contribution >= 4 is 0 Å². The van der Waals surface area contributed by atoms with Crippen LogP contribution in [-0.4, -0.2) is 24.9 Å². The Morgan fingerprint density at radius 1 is 1.57 bits per heavy atom. The maximum atomic E-state index is 5.00. The van der Waals surface area contributed by atoms with Crippen LogP contribution in [0, 0.1) is 6.92 Å². The molecule has 0 aromatic rings. The standard InChI is InChI=1S/C5H7O2/c1-3-5(7-3)4-2-6-4/h3-5H,1-2H2. The van der Waals surface area contributed by atoms with Gasteiger partial charge >= 0.3 is 0 Å². The van der Waals surface area contributed by atoms with Gasteiger partial charge in [0.05, 0.1) is 12.7 Å². The van der Waals surface area contributed by atoms with Crippen LogP contribution in [0.5, 0.6) is 0 Å². The van der Waals surface area contributed by atoms with Crippen molar-refractivity contribution in [3.05, 3.63) is 6.92 Å². The molecule has 0 amide bonds. The van der Waals surface area contributed by atoms with E-state index < -0.39 is 0 Å². The Bertz CT molecular complexity index is 88.1. The zero-order valence-electron chi connectivity index (χ0n) is 3.96. The zero-order chi connectivity index (χ0) is 4.85. The summed E-state index contributed by atoms with van der Waals surface area (Å²) in [6, 6.07) is 0. The molecule has 0 aromatic heterocycles. The minimum atomic E-state index is 0.229. The summed E-state index contributed by atoms with van der Waals surface area (Å²) in [6.07, 6.45) is 0.981. The Morgan fingerprint density at radius 3 is 2.29 bits per heavy atom. The van der Waals surface area contributed by atoms with Crippen molar-refractivity contribution in [1.82, 2.24) is 0 Å². The van der Waals surface area contributed by atoms with Gasteiger partial charge < -0.3 is 9.47 Å². The van der Waals surface area contributed by atoms with E-state index in [0.29, 0.717) is 12.2 Å². The maximum Gasteiger partial charge on any atom is 0.112 e. The normalized spacial score (nSPS) is 57.0. The fourth-order valence-electron chi connectivity index (χ4n) is 0.729. The topological polar surface area (TPSA) is 25.1 Å². The van der Waals surface area contributed by atoms with Crippen LogP contribution in [-0.2, 0) is 9.47 Å². The molecule has 2 heteroatoms. The van der Waals surface area contributed by atoms with E-state index in [2.05, 4.69) is 6.92 Å². The van der Waals surface area contributed by atoms with E-state index in [4.69, 9.17) is 9.47 Å². The van der Waals surface area contributed by atoms with Crippen molar-refractivity contribution in [3.63, 3.8) is 0 Å². The molecule has 1 radical (unpaired) electrons. The molecular weight excluding hydrogens is 92.1 g/mol. The molecule has 0 saturated carbocycles. The van der Waals surface area contributed by atoms with Gasteiger partial charge in [0.2, 0.25) is 0 Å². The zero-order valence-corrected chi connectivity index (χ0v) is 3.96. The Balaban J connectivity index is 1.88. The summed E-state index contributed by atoms with van der Waals surface area (Å²) < 4.78 is 9.94. The molecule has 2 rings (SSSR count). The second-order valence-corrected chi connectivity index (χ2v) is 2.01. The third-order valence-corrected chi connectivity index (χ3v) is 1.35. The largest absolute Gasteiger partial charge is 0.370 e. The molecule has 2 saturated heterocycles.